The summed E-state index contributed by atoms with van der Waals surface area (Å²) in [5.41, 5.74) is 1.19. The van der Waals surface area contributed by atoms with Crippen LogP contribution in [0.3, 0.4) is 0 Å². The molecular weight excluding hydrogens is 320 g/mol. The lowest BCUT2D eigenvalue weighted by atomic mass is 10.2. The molecular formula is C17H24N6O2. The van der Waals surface area contributed by atoms with Crippen molar-refractivity contribution < 1.29 is 9.32 Å². The molecule has 8 nitrogen and oxygen atoms in total. The number of rotatable bonds is 6. The first kappa shape index (κ1) is 17.3. The van der Waals surface area contributed by atoms with Crippen molar-refractivity contribution in [2.75, 3.05) is 44.2 Å². The summed E-state index contributed by atoms with van der Waals surface area (Å²) in [5.74, 6) is 1.26. The summed E-state index contributed by atoms with van der Waals surface area (Å²) in [6.45, 7) is 8.96. The Kier molecular flexibility index (Phi) is 5.60. The van der Waals surface area contributed by atoms with Gasteiger partial charge in [0.05, 0.1) is 5.69 Å². The number of anilines is 1. The van der Waals surface area contributed by atoms with E-state index in [0.717, 1.165) is 45.1 Å². The third-order valence-electron chi connectivity index (χ3n) is 4.40. The number of aromatic nitrogens is 3. The number of piperazine rings is 1. The zero-order chi connectivity index (χ0) is 17.6. The highest BCUT2D eigenvalue weighted by Crippen LogP contribution is 2.12. The number of nitrogens with zero attached hydrogens (tertiary/aromatic N) is 5. The highest BCUT2D eigenvalue weighted by Gasteiger charge is 2.19. The van der Waals surface area contributed by atoms with E-state index in [0.29, 0.717) is 23.6 Å². The largest absolute Gasteiger partial charge is 0.361 e. The maximum absolute atomic E-state index is 12.2. The zero-order valence-corrected chi connectivity index (χ0v) is 14.7. The van der Waals surface area contributed by atoms with Crippen LogP contribution in [-0.4, -0.2) is 65.2 Å². The van der Waals surface area contributed by atoms with Crippen LogP contribution in [0.2, 0.25) is 0 Å². The molecule has 0 atom stereocenters. The molecule has 2 aromatic heterocycles. The van der Waals surface area contributed by atoms with Crippen LogP contribution in [0.15, 0.2) is 23.0 Å². The van der Waals surface area contributed by atoms with Crippen molar-refractivity contribution in [2.45, 2.75) is 20.3 Å². The van der Waals surface area contributed by atoms with Crippen molar-refractivity contribution in [2.24, 2.45) is 0 Å². The Hall–Kier alpha value is -2.48. The van der Waals surface area contributed by atoms with Gasteiger partial charge in [0.1, 0.15) is 11.3 Å². The third-order valence-corrected chi connectivity index (χ3v) is 4.40. The van der Waals surface area contributed by atoms with Crippen molar-refractivity contribution in [1.82, 2.24) is 25.3 Å². The topological polar surface area (TPSA) is 87.4 Å². The molecule has 2 aromatic rings. The van der Waals surface area contributed by atoms with Gasteiger partial charge in [0, 0.05) is 45.1 Å². The molecule has 0 saturated carbocycles. The number of nitrogens with one attached hydrogen (secondary N) is 1. The van der Waals surface area contributed by atoms with Gasteiger partial charge in [-0.15, -0.1) is 0 Å². The van der Waals surface area contributed by atoms with E-state index in [1.54, 1.807) is 26.2 Å². The van der Waals surface area contributed by atoms with Gasteiger partial charge in [-0.2, -0.15) is 0 Å². The summed E-state index contributed by atoms with van der Waals surface area (Å²) in [7, 11) is 0. The highest BCUT2D eigenvalue weighted by molar-refractivity contribution is 5.96. The van der Waals surface area contributed by atoms with Crippen molar-refractivity contribution in [3.63, 3.8) is 0 Å². The van der Waals surface area contributed by atoms with Crippen LogP contribution in [0.4, 0.5) is 5.95 Å². The average molecular weight is 344 g/mol. The Balaban J connectivity index is 1.36. The van der Waals surface area contributed by atoms with Gasteiger partial charge in [-0.05, 0) is 32.9 Å². The summed E-state index contributed by atoms with van der Waals surface area (Å²) in [6.07, 6.45) is 4.46. The monoisotopic (exact) mass is 344 g/mol. The van der Waals surface area contributed by atoms with Crippen molar-refractivity contribution in [3.05, 3.63) is 35.5 Å². The van der Waals surface area contributed by atoms with E-state index in [1.807, 2.05) is 6.07 Å². The lowest BCUT2D eigenvalue weighted by molar-refractivity contribution is 0.0949. The maximum atomic E-state index is 12.2. The molecule has 134 valence electrons. The van der Waals surface area contributed by atoms with Gasteiger partial charge in [0.2, 0.25) is 5.95 Å². The summed E-state index contributed by atoms with van der Waals surface area (Å²) < 4.78 is 5.03. The van der Waals surface area contributed by atoms with Gasteiger partial charge in [-0.3, -0.25) is 9.69 Å². The second-order valence-corrected chi connectivity index (χ2v) is 6.19. The van der Waals surface area contributed by atoms with Crippen LogP contribution in [0, 0.1) is 13.8 Å². The molecule has 0 radical (unpaired) electrons. The van der Waals surface area contributed by atoms with Gasteiger partial charge < -0.3 is 14.7 Å². The van der Waals surface area contributed by atoms with E-state index in [1.165, 1.54) is 0 Å². The molecule has 1 fully saturated rings. The number of carbonyl (C=O) groups is 1. The summed E-state index contributed by atoms with van der Waals surface area (Å²) in [5, 5.41) is 6.76. The Morgan fingerprint density at radius 3 is 2.56 bits per heavy atom. The quantitative estimate of drug-likeness (QED) is 0.783. The van der Waals surface area contributed by atoms with Crippen LogP contribution in [0.25, 0.3) is 0 Å². The minimum absolute atomic E-state index is 0.109. The standard InChI is InChI=1S/C17H24N6O2/c1-13-15(14(2)25-21-13)16(24)18-7-4-8-22-9-11-23(12-10-22)17-19-5-3-6-20-17/h3,5-6H,4,7-12H2,1-2H3,(H,18,24). The zero-order valence-electron chi connectivity index (χ0n) is 14.7. The second-order valence-electron chi connectivity index (χ2n) is 6.19. The van der Waals surface area contributed by atoms with Crippen molar-refractivity contribution in [3.8, 4) is 0 Å². The van der Waals surface area contributed by atoms with Crippen LogP contribution in [0.1, 0.15) is 28.2 Å². The molecule has 8 heteroatoms. The van der Waals surface area contributed by atoms with Gasteiger partial charge in [-0.1, -0.05) is 5.16 Å². The van der Waals surface area contributed by atoms with E-state index in [9.17, 15) is 4.79 Å². The van der Waals surface area contributed by atoms with E-state index in [-0.39, 0.29) is 5.91 Å². The number of carbonyl (C=O) groups excluding carboxylic acids is 1. The molecule has 0 spiro atoms. The molecule has 0 aliphatic carbocycles. The molecule has 0 unspecified atom stereocenters. The molecule has 1 amide bonds. The molecule has 0 aromatic carbocycles. The Labute approximate surface area is 147 Å². The minimum Gasteiger partial charge on any atom is -0.361 e. The van der Waals surface area contributed by atoms with Gasteiger partial charge in [0.15, 0.2) is 0 Å². The van der Waals surface area contributed by atoms with E-state index in [2.05, 4.69) is 30.2 Å². The van der Waals surface area contributed by atoms with Gasteiger partial charge in [-0.25, -0.2) is 9.97 Å². The molecule has 1 N–H and O–H groups in total. The predicted octanol–water partition coefficient (Wildman–Crippen LogP) is 1.02. The summed E-state index contributed by atoms with van der Waals surface area (Å²) in [4.78, 5) is 25.4. The Bertz CT molecular complexity index is 675. The fraction of sp³-hybridized carbons (Fsp3) is 0.529. The van der Waals surface area contributed by atoms with Crippen LogP contribution in [-0.2, 0) is 0 Å². The maximum Gasteiger partial charge on any atom is 0.256 e. The predicted molar refractivity (Wildman–Crippen MR) is 93.6 cm³/mol. The molecule has 1 saturated heterocycles. The van der Waals surface area contributed by atoms with Gasteiger partial charge in [0.25, 0.3) is 5.91 Å². The van der Waals surface area contributed by atoms with Crippen molar-refractivity contribution >= 4 is 11.9 Å². The normalized spacial score (nSPS) is 15.4. The molecule has 1 aliphatic rings. The highest BCUT2D eigenvalue weighted by atomic mass is 16.5. The van der Waals surface area contributed by atoms with Crippen LogP contribution < -0.4 is 10.2 Å². The molecule has 0 bridgehead atoms. The molecule has 25 heavy (non-hydrogen) atoms. The van der Waals surface area contributed by atoms with Crippen LogP contribution in [0.5, 0.6) is 0 Å². The van der Waals surface area contributed by atoms with Crippen molar-refractivity contribution in [1.29, 1.82) is 0 Å². The van der Waals surface area contributed by atoms with Gasteiger partial charge >= 0.3 is 0 Å². The number of hydrogen-bond donors (Lipinski definition) is 1. The minimum atomic E-state index is -0.109. The first-order chi connectivity index (χ1) is 12.1. The summed E-state index contributed by atoms with van der Waals surface area (Å²) in [6, 6.07) is 1.83. The molecule has 1 aliphatic heterocycles. The molecule has 3 heterocycles. The van der Waals surface area contributed by atoms with Crippen LogP contribution >= 0.6 is 0 Å². The van der Waals surface area contributed by atoms with E-state index in [4.69, 9.17) is 4.52 Å². The fourth-order valence-electron chi connectivity index (χ4n) is 3.03. The summed E-state index contributed by atoms with van der Waals surface area (Å²) >= 11 is 0. The SMILES string of the molecule is Cc1noc(C)c1C(=O)NCCCN1CCN(c2ncccn2)CC1. The molecule has 3 rings (SSSR count). The Morgan fingerprint density at radius 2 is 1.92 bits per heavy atom. The fourth-order valence-corrected chi connectivity index (χ4v) is 3.03. The number of hydrogen-bond acceptors (Lipinski definition) is 7. The number of aryl methyl sites for hydroxylation is 2. The Morgan fingerprint density at radius 1 is 1.20 bits per heavy atom. The first-order valence-electron chi connectivity index (χ1n) is 8.60. The average Bonchev–Trinajstić information content (AvgIpc) is 2.98. The smallest absolute Gasteiger partial charge is 0.256 e. The number of amides is 1. The van der Waals surface area contributed by atoms with E-state index < -0.39 is 0 Å². The second kappa shape index (κ2) is 8.06. The van der Waals surface area contributed by atoms with E-state index >= 15 is 0 Å². The lowest BCUT2D eigenvalue weighted by Gasteiger charge is -2.34. The third kappa shape index (κ3) is 4.33. The lowest BCUT2D eigenvalue weighted by Crippen LogP contribution is -2.47. The first-order valence-corrected chi connectivity index (χ1v) is 8.60.